The third kappa shape index (κ3) is 3.56. The van der Waals surface area contributed by atoms with Gasteiger partial charge in [-0.3, -0.25) is 0 Å². The summed E-state index contributed by atoms with van der Waals surface area (Å²) in [6.45, 7) is 1.83. The van der Waals surface area contributed by atoms with Gasteiger partial charge in [0.1, 0.15) is 5.82 Å². The van der Waals surface area contributed by atoms with Gasteiger partial charge < -0.3 is 16.2 Å². The first-order valence-electron chi connectivity index (χ1n) is 8.86. The lowest BCUT2D eigenvalue weighted by molar-refractivity contribution is 0.281. The SMILES string of the molecule is Cc1ccc(Nc2ncc3c(N)n(-c4c(Cl)cccc4Cl)c(=O)nc3n2)cc1CO. The molecule has 4 aromatic rings. The topological polar surface area (TPSA) is 119 Å². The first-order chi connectivity index (χ1) is 14.4. The molecule has 0 bridgehead atoms. The van der Waals surface area contributed by atoms with E-state index in [-0.39, 0.29) is 39.8 Å². The van der Waals surface area contributed by atoms with E-state index >= 15 is 0 Å². The third-order valence-corrected chi connectivity index (χ3v) is 5.23. The van der Waals surface area contributed by atoms with E-state index in [1.165, 1.54) is 6.20 Å². The van der Waals surface area contributed by atoms with E-state index in [1.807, 2.05) is 19.1 Å². The molecule has 30 heavy (non-hydrogen) atoms. The summed E-state index contributed by atoms with van der Waals surface area (Å²) in [5, 5.41) is 13.4. The average molecular weight is 443 g/mol. The second-order valence-corrected chi connectivity index (χ2v) is 7.35. The highest BCUT2D eigenvalue weighted by Gasteiger charge is 2.17. The first kappa shape index (κ1) is 20.1. The number of nitrogen functional groups attached to an aromatic ring is 1. The number of aryl methyl sites for hydroxylation is 1. The van der Waals surface area contributed by atoms with Crippen LogP contribution in [0.2, 0.25) is 10.0 Å². The minimum atomic E-state index is -0.669. The molecule has 10 heteroatoms. The maximum Gasteiger partial charge on any atom is 0.355 e. The molecule has 0 radical (unpaired) electrons. The first-order valence-corrected chi connectivity index (χ1v) is 9.61. The molecule has 0 spiro atoms. The lowest BCUT2D eigenvalue weighted by Gasteiger charge is -2.14. The van der Waals surface area contributed by atoms with Crippen LogP contribution in [-0.2, 0) is 6.61 Å². The Bertz CT molecular complexity index is 1320. The minimum absolute atomic E-state index is 0.0736. The zero-order chi connectivity index (χ0) is 21.4. The van der Waals surface area contributed by atoms with Gasteiger partial charge in [0.05, 0.1) is 27.7 Å². The highest BCUT2D eigenvalue weighted by Crippen LogP contribution is 2.30. The summed E-state index contributed by atoms with van der Waals surface area (Å²) < 4.78 is 1.14. The number of nitrogens with one attached hydrogen (secondary N) is 1. The van der Waals surface area contributed by atoms with Gasteiger partial charge in [0, 0.05) is 11.9 Å². The summed E-state index contributed by atoms with van der Waals surface area (Å²) in [5.41, 5.74) is 8.37. The summed E-state index contributed by atoms with van der Waals surface area (Å²) in [4.78, 5) is 25.3. The van der Waals surface area contributed by atoms with Crippen LogP contribution in [0, 0.1) is 6.92 Å². The van der Waals surface area contributed by atoms with E-state index in [0.717, 1.165) is 15.7 Å². The molecule has 2 heterocycles. The fourth-order valence-electron chi connectivity index (χ4n) is 3.03. The standard InChI is InChI=1S/C20H16Cl2N6O2/c1-10-5-6-12(7-11(10)9-29)25-19-24-8-13-17(23)28(20(30)27-18(13)26-19)16-14(21)3-2-4-15(16)22/h2-8,29H,9,23H2,1H3,(H,25,26,27,30). The van der Waals surface area contributed by atoms with Gasteiger partial charge in [-0.15, -0.1) is 0 Å². The summed E-state index contributed by atoms with van der Waals surface area (Å²) >= 11 is 12.4. The number of aromatic nitrogens is 4. The zero-order valence-electron chi connectivity index (χ0n) is 15.7. The Morgan fingerprint density at radius 1 is 1.17 bits per heavy atom. The number of aliphatic hydroxyl groups is 1. The number of benzene rings is 2. The van der Waals surface area contributed by atoms with Crippen molar-refractivity contribution in [1.29, 1.82) is 0 Å². The van der Waals surface area contributed by atoms with Gasteiger partial charge in [-0.1, -0.05) is 35.3 Å². The second-order valence-electron chi connectivity index (χ2n) is 6.54. The molecule has 4 rings (SSSR count). The number of fused-ring (bicyclic) bond motifs is 1. The summed E-state index contributed by atoms with van der Waals surface area (Å²) in [6, 6.07) is 10.4. The van der Waals surface area contributed by atoms with Crippen LogP contribution in [0.1, 0.15) is 11.1 Å². The average Bonchev–Trinajstić information content (AvgIpc) is 2.71. The predicted octanol–water partition coefficient (Wildman–Crippen LogP) is 3.61. The normalized spacial score (nSPS) is 11.1. The molecule has 0 fully saturated rings. The van der Waals surface area contributed by atoms with E-state index in [1.54, 1.807) is 24.3 Å². The molecule has 0 atom stereocenters. The summed E-state index contributed by atoms with van der Waals surface area (Å²) in [5.74, 6) is 0.305. The van der Waals surface area contributed by atoms with Gasteiger partial charge in [0.15, 0.2) is 5.65 Å². The quantitative estimate of drug-likeness (QED) is 0.441. The molecule has 0 aliphatic heterocycles. The lowest BCUT2D eigenvalue weighted by Crippen LogP contribution is -2.25. The predicted molar refractivity (Wildman–Crippen MR) is 118 cm³/mol. The number of hydrogen-bond donors (Lipinski definition) is 3. The number of anilines is 3. The van der Waals surface area contributed by atoms with Crippen LogP contribution in [0.5, 0.6) is 0 Å². The van der Waals surface area contributed by atoms with Crippen LogP contribution in [0.25, 0.3) is 16.7 Å². The van der Waals surface area contributed by atoms with Crippen molar-refractivity contribution in [2.24, 2.45) is 0 Å². The van der Waals surface area contributed by atoms with E-state index in [0.29, 0.717) is 11.1 Å². The van der Waals surface area contributed by atoms with Crippen LogP contribution >= 0.6 is 23.2 Å². The van der Waals surface area contributed by atoms with Crippen molar-refractivity contribution in [2.75, 3.05) is 11.1 Å². The molecule has 0 unspecified atom stereocenters. The maximum atomic E-state index is 12.7. The Hall–Kier alpha value is -3.20. The number of aliphatic hydroxyl groups excluding tert-OH is 1. The van der Waals surface area contributed by atoms with Crippen LogP contribution in [0.3, 0.4) is 0 Å². The highest BCUT2D eigenvalue weighted by atomic mass is 35.5. The molecule has 2 aromatic carbocycles. The van der Waals surface area contributed by atoms with Crippen molar-refractivity contribution in [3.8, 4) is 5.69 Å². The lowest BCUT2D eigenvalue weighted by atomic mass is 10.1. The van der Waals surface area contributed by atoms with Crippen molar-refractivity contribution in [3.63, 3.8) is 0 Å². The second kappa shape index (κ2) is 7.91. The van der Waals surface area contributed by atoms with Crippen molar-refractivity contribution < 1.29 is 5.11 Å². The van der Waals surface area contributed by atoms with Gasteiger partial charge in [0.2, 0.25) is 5.95 Å². The summed E-state index contributed by atoms with van der Waals surface area (Å²) in [6.07, 6.45) is 1.47. The molecule has 8 nitrogen and oxygen atoms in total. The third-order valence-electron chi connectivity index (χ3n) is 4.62. The number of halogens is 2. The van der Waals surface area contributed by atoms with E-state index in [2.05, 4.69) is 20.3 Å². The summed E-state index contributed by atoms with van der Waals surface area (Å²) in [7, 11) is 0. The largest absolute Gasteiger partial charge is 0.392 e. The Balaban J connectivity index is 1.79. The molecule has 0 aliphatic rings. The molecule has 0 saturated heterocycles. The number of hydrogen-bond acceptors (Lipinski definition) is 7. The molecule has 4 N–H and O–H groups in total. The fraction of sp³-hybridized carbons (Fsp3) is 0.100. The smallest absolute Gasteiger partial charge is 0.355 e. The minimum Gasteiger partial charge on any atom is -0.392 e. The van der Waals surface area contributed by atoms with Gasteiger partial charge >= 0.3 is 5.69 Å². The van der Waals surface area contributed by atoms with Crippen molar-refractivity contribution in [1.82, 2.24) is 19.5 Å². The van der Waals surface area contributed by atoms with E-state index in [9.17, 15) is 9.90 Å². The van der Waals surface area contributed by atoms with Crippen LogP contribution in [-0.4, -0.2) is 24.6 Å². The number of rotatable bonds is 4. The van der Waals surface area contributed by atoms with Gasteiger partial charge in [-0.25, -0.2) is 14.3 Å². The Morgan fingerprint density at radius 3 is 2.60 bits per heavy atom. The Labute approximate surface area is 180 Å². The molecule has 152 valence electrons. The number of nitrogens with two attached hydrogens (primary N) is 1. The molecule has 0 aliphatic carbocycles. The van der Waals surface area contributed by atoms with Gasteiger partial charge in [-0.05, 0) is 42.3 Å². The van der Waals surface area contributed by atoms with Gasteiger partial charge in [-0.2, -0.15) is 9.97 Å². The Kier molecular flexibility index (Phi) is 5.29. The number of para-hydroxylation sites is 1. The molecular weight excluding hydrogens is 427 g/mol. The van der Waals surface area contributed by atoms with E-state index in [4.69, 9.17) is 28.9 Å². The molecule has 0 amide bonds. The Morgan fingerprint density at radius 2 is 1.90 bits per heavy atom. The van der Waals surface area contributed by atoms with Gasteiger partial charge in [0.25, 0.3) is 0 Å². The monoisotopic (exact) mass is 442 g/mol. The van der Waals surface area contributed by atoms with Crippen LogP contribution in [0.4, 0.5) is 17.5 Å². The van der Waals surface area contributed by atoms with Crippen molar-refractivity contribution >= 4 is 51.7 Å². The fourth-order valence-corrected chi connectivity index (χ4v) is 3.60. The van der Waals surface area contributed by atoms with Crippen LogP contribution < -0.4 is 16.7 Å². The van der Waals surface area contributed by atoms with Crippen LogP contribution in [0.15, 0.2) is 47.4 Å². The molecular formula is C20H16Cl2N6O2. The zero-order valence-corrected chi connectivity index (χ0v) is 17.2. The molecule has 2 aromatic heterocycles. The maximum absolute atomic E-state index is 12.7. The van der Waals surface area contributed by atoms with Crippen molar-refractivity contribution in [3.05, 3.63) is 74.3 Å². The molecule has 0 saturated carbocycles. The van der Waals surface area contributed by atoms with E-state index < -0.39 is 5.69 Å². The van der Waals surface area contributed by atoms with Crippen molar-refractivity contribution in [2.45, 2.75) is 13.5 Å². The number of nitrogens with zero attached hydrogens (tertiary/aromatic N) is 4. The highest BCUT2D eigenvalue weighted by molar-refractivity contribution is 6.37.